The van der Waals surface area contributed by atoms with Gasteiger partial charge in [-0.05, 0) is 25.1 Å². The number of amides is 1. The van der Waals surface area contributed by atoms with Crippen molar-refractivity contribution in [1.29, 1.82) is 0 Å². The fourth-order valence-electron chi connectivity index (χ4n) is 1.87. The second-order valence-corrected chi connectivity index (χ2v) is 5.14. The van der Waals surface area contributed by atoms with E-state index in [2.05, 4.69) is 34.4 Å². The second-order valence-electron chi connectivity index (χ2n) is 5.14. The molecule has 0 radical (unpaired) electrons. The SMILES string of the molecule is CC(C)NCCCC(=O)Nc1ccc(-n2ccnc2)nc1. The first-order chi connectivity index (χ1) is 10.1. The minimum atomic E-state index is 0.0118. The monoisotopic (exact) mass is 287 g/mol. The summed E-state index contributed by atoms with van der Waals surface area (Å²) in [7, 11) is 0. The minimum absolute atomic E-state index is 0.0118. The summed E-state index contributed by atoms with van der Waals surface area (Å²) in [6.07, 6.45) is 8.18. The van der Waals surface area contributed by atoms with Gasteiger partial charge < -0.3 is 10.6 Å². The van der Waals surface area contributed by atoms with Crippen LogP contribution in [0.4, 0.5) is 5.69 Å². The summed E-state index contributed by atoms with van der Waals surface area (Å²) in [5, 5.41) is 6.14. The molecule has 6 nitrogen and oxygen atoms in total. The Bertz CT molecular complexity index is 548. The lowest BCUT2D eigenvalue weighted by atomic mass is 10.2. The van der Waals surface area contributed by atoms with Crippen LogP contribution in [-0.2, 0) is 4.79 Å². The summed E-state index contributed by atoms with van der Waals surface area (Å²) in [5.74, 6) is 0.782. The van der Waals surface area contributed by atoms with Gasteiger partial charge in [0.15, 0.2) is 0 Å². The van der Waals surface area contributed by atoms with Crippen LogP contribution >= 0.6 is 0 Å². The third kappa shape index (κ3) is 5.00. The number of hydrogen-bond acceptors (Lipinski definition) is 4. The maximum atomic E-state index is 11.8. The van der Waals surface area contributed by atoms with Crippen LogP contribution in [0.2, 0.25) is 0 Å². The number of pyridine rings is 1. The normalized spacial score (nSPS) is 10.8. The average molecular weight is 287 g/mol. The third-order valence-electron chi connectivity index (χ3n) is 2.93. The molecule has 0 atom stereocenters. The van der Waals surface area contributed by atoms with Gasteiger partial charge in [-0.1, -0.05) is 13.8 Å². The molecule has 0 aliphatic rings. The molecule has 6 heteroatoms. The first-order valence-corrected chi connectivity index (χ1v) is 7.13. The molecule has 2 heterocycles. The summed E-state index contributed by atoms with van der Waals surface area (Å²) in [6, 6.07) is 4.14. The first kappa shape index (κ1) is 15.2. The van der Waals surface area contributed by atoms with E-state index in [-0.39, 0.29) is 5.91 Å². The van der Waals surface area contributed by atoms with Gasteiger partial charge in [0.25, 0.3) is 0 Å². The fraction of sp³-hybridized carbons (Fsp3) is 0.400. The zero-order valence-electron chi connectivity index (χ0n) is 12.4. The van der Waals surface area contributed by atoms with Crippen molar-refractivity contribution in [2.75, 3.05) is 11.9 Å². The summed E-state index contributed by atoms with van der Waals surface area (Å²) in [6.45, 7) is 5.03. The van der Waals surface area contributed by atoms with Gasteiger partial charge in [-0.15, -0.1) is 0 Å². The van der Waals surface area contributed by atoms with Gasteiger partial charge in [0.05, 0.1) is 11.9 Å². The van der Waals surface area contributed by atoms with Gasteiger partial charge in [0, 0.05) is 24.9 Å². The van der Waals surface area contributed by atoms with Crippen molar-refractivity contribution >= 4 is 11.6 Å². The lowest BCUT2D eigenvalue weighted by molar-refractivity contribution is -0.116. The van der Waals surface area contributed by atoms with Gasteiger partial charge in [0.2, 0.25) is 5.91 Å². The Morgan fingerprint density at radius 1 is 1.38 bits per heavy atom. The Labute approximate surface area is 124 Å². The van der Waals surface area contributed by atoms with Gasteiger partial charge in [-0.3, -0.25) is 9.36 Å². The van der Waals surface area contributed by atoms with E-state index in [1.165, 1.54) is 0 Å². The molecule has 21 heavy (non-hydrogen) atoms. The molecule has 0 aliphatic carbocycles. The molecule has 0 aromatic carbocycles. The molecule has 0 saturated carbocycles. The maximum absolute atomic E-state index is 11.8. The highest BCUT2D eigenvalue weighted by Crippen LogP contribution is 2.10. The number of carbonyl (C=O) groups excluding carboxylic acids is 1. The molecule has 2 rings (SSSR count). The number of nitrogens with one attached hydrogen (secondary N) is 2. The smallest absolute Gasteiger partial charge is 0.224 e. The van der Waals surface area contributed by atoms with Crippen molar-refractivity contribution in [2.45, 2.75) is 32.7 Å². The highest BCUT2D eigenvalue weighted by molar-refractivity contribution is 5.90. The van der Waals surface area contributed by atoms with Crippen molar-refractivity contribution in [3.05, 3.63) is 37.1 Å². The van der Waals surface area contributed by atoms with Crippen LogP contribution in [0.3, 0.4) is 0 Å². The molecule has 2 N–H and O–H groups in total. The molecule has 0 unspecified atom stereocenters. The van der Waals surface area contributed by atoms with Crippen LogP contribution in [0.5, 0.6) is 0 Å². The van der Waals surface area contributed by atoms with Crippen molar-refractivity contribution in [3.63, 3.8) is 0 Å². The zero-order chi connectivity index (χ0) is 15.1. The Morgan fingerprint density at radius 2 is 2.24 bits per heavy atom. The predicted octanol–water partition coefficient (Wildman–Crippen LogP) is 1.98. The second kappa shape index (κ2) is 7.54. The minimum Gasteiger partial charge on any atom is -0.325 e. The number of aromatic nitrogens is 3. The third-order valence-corrected chi connectivity index (χ3v) is 2.93. The zero-order valence-corrected chi connectivity index (χ0v) is 12.4. The van der Waals surface area contributed by atoms with E-state index in [1.807, 2.05) is 22.9 Å². The van der Waals surface area contributed by atoms with Gasteiger partial charge in [-0.2, -0.15) is 0 Å². The summed E-state index contributed by atoms with van der Waals surface area (Å²) >= 11 is 0. The molecule has 2 aromatic heterocycles. The fourth-order valence-corrected chi connectivity index (χ4v) is 1.87. The van der Waals surface area contributed by atoms with E-state index in [9.17, 15) is 4.79 Å². The molecule has 2 aromatic rings. The highest BCUT2D eigenvalue weighted by atomic mass is 16.1. The quantitative estimate of drug-likeness (QED) is 0.764. The van der Waals surface area contributed by atoms with Crippen LogP contribution < -0.4 is 10.6 Å². The largest absolute Gasteiger partial charge is 0.325 e. The molecule has 0 bridgehead atoms. The van der Waals surface area contributed by atoms with E-state index in [0.717, 1.165) is 18.8 Å². The maximum Gasteiger partial charge on any atom is 0.224 e. The average Bonchev–Trinajstić information content (AvgIpc) is 2.98. The topological polar surface area (TPSA) is 71.8 Å². The number of imidazole rings is 1. The summed E-state index contributed by atoms with van der Waals surface area (Å²) in [5.41, 5.74) is 0.709. The molecular formula is C15H21N5O. The number of rotatable bonds is 7. The van der Waals surface area contributed by atoms with Gasteiger partial charge in [-0.25, -0.2) is 9.97 Å². The van der Waals surface area contributed by atoms with Crippen LogP contribution in [0.15, 0.2) is 37.1 Å². The van der Waals surface area contributed by atoms with Crippen molar-refractivity contribution in [3.8, 4) is 5.82 Å². The lowest BCUT2D eigenvalue weighted by Crippen LogP contribution is -2.24. The van der Waals surface area contributed by atoms with Crippen LogP contribution in [0, 0.1) is 0 Å². The number of anilines is 1. The molecule has 0 aliphatic heterocycles. The number of carbonyl (C=O) groups is 1. The van der Waals surface area contributed by atoms with Gasteiger partial charge in [0.1, 0.15) is 12.1 Å². The Morgan fingerprint density at radius 3 is 2.86 bits per heavy atom. The lowest BCUT2D eigenvalue weighted by Gasteiger charge is -2.08. The van der Waals surface area contributed by atoms with Crippen LogP contribution in [0.25, 0.3) is 5.82 Å². The first-order valence-electron chi connectivity index (χ1n) is 7.13. The summed E-state index contributed by atoms with van der Waals surface area (Å²) < 4.78 is 1.81. The van der Waals surface area contributed by atoms with E-state index in [0.29, 0.717) is 18.2 Å². The van der Waals surface area contributed by atoms with Gasteiger partial charge >= 0.3 is 0 Å². The molecule has 112 valence electrons. The Balaban J connectivity index is 1.79. The van der Waals surface area contributed by atoms with Crippen LogP contribution in [-0.4, -0.2) is 33.0 Å². The number of nitrogens with zero attached hydrogens (tertiary/aromatic N) is 3. The standard InChI is InChI=1S/C15H21N5O/c1-12(2)17-7-3-4-15(21)19-13-5-6-14(18-10-13)20-9-8-16-11-20/h5-6,8-12,17H,3-4,7H2,1-2H3,(H,19,21). The van der Waals surface area contributed by atoms with Crippen molar-refractivity contribution in [2.24, 2.45) is 0 Å². The highest BCUT2D eigenvalue weighted by Gasteiger charge is 2.04. The van der Waals surface area contributed by atoms with Crippen molar-refractivity contribution in [1.82, 2.24) is 19.9 Å². The number of hydrogen-bond donors (Lipinski definition) is 2. The van der Waals surface area contributed by atoms with Crippen LogP contribution in [0.1, 0.15) is 26.7 Å². The van der Waals surface area contributed by atoms with E-state index in [4.69, 9.17) is 0 Å². The molecule has 1 amide bonds. The molecule has 0 fully saturated rings. The molecule has 0 spiro atoms. The van der Waals surface area contributed by atoms with E-state index < -0.39 is 0 Å². The Kier molecular flexibility index (Phi) is 5.45. The molecular weight excluding hydrogens is 266 g/mol. The predicted molar refractivity (Wildman–Crippen MR) is 82.4 cm³/mol. The Hall–Kier alpha value is -2.21. The summed E-state index contributed by atoms with van der Waals surface area (Å²) in [4.78, 5) is 20.0. The molecule has 0 saturated heterocycles. The van der Waals surface area contributed by atoms with E-state index >= 15 is 0 Å². The van der Waals surface area contributed by atoms with Crippen molar-refractivity contribution < 1.29 is 4.79 Å². The van der Waals surface area contributed by atoms with E-state index in [1.54, 1.807) is 18.7 Å².